The summed E-state index contributed by atoms with van der Waals surface area (Å²) in [5, 5.41) is 2.15. The fraction of sp³-hybridized carbons (Fsp3) is 0. The summed E-state index contributed by atoms with van der Waals surface area (Å²) in [5.41, 5.74) is 2.19. The second-order valence-electron chi connectivity index (χ2n) is 4.39. The molecule has 0 amide bonds. The van der Waals surface area contributed by atoms with Crippen LogP contribution in [0.25, 0.3) is 33.3 Å². The first kappa shape index (κ1) is 10.8. The van der Waals surface area contributed by atoms with E-state index in [-0.39, 0.29) is 5.82 Å². The van der Waals surface area contributed by atoms with E-state index < -0.39 is 0 Å². The predicted octanol–water partition coefficient (Wildman–Crippen LogP) is 4.88. The molecule has 0 aliphatic carbocycles. The average molecular weight is 272 g/mol. The molecule has 2 aliphatic heterocycles. The zero-order valence-corrected chi connectivity index (χ0v) is 10.4. The van der Waals surface area contributed by atoms with Gasteiger partial charge >= 0.3 is 0 Å². The van der Waals surface area contributed by atoms with Crippen LogP contribution in [0.2, 0.25) is 5.02 Å². The number of nitrogens with zero attached hydrogens (tertiary/aromatic N) is 1. The van der Waals surface area contributed by atoms with Crippen LogP contribution < -0.4 is 0 Å². The Morgan fingerprint density at radius 1 is 1.11 bits per heavy atom. The molecule has 0 bridgehead atoms. The number of aromatic nitrogens is 1. The van der Waals surface area contributed by atoms with Crippen molar-refractivity contribution in [1.82, 2.24) is 4.98 Å². The highest BCUT2D eigenvalue weighted by molar-refractivity contribution is 6.36. The summed E-state index contributed by atoms with van der Waals surface area (Å²) in [6, 6.07) is 11.8. The minimum absolute atomic E-state index is 0.294. The van der Waals surface area contributed by atoms with E-state index in [0.29, 0.717) is 21.9 Å². The first-order valence-electron chi connectivity index (χ1n) is 5.79. The summed E-state index contributed by atoms with van der Waals surface area (Å²) >= 11 is 6.20. The fourth-order valence-corrected chi connectivity index (χ4v) is 2.62. The average Bonchev–Trinajstić information content (AvgIpc) is 2.74. The smallest absolute Gasteiger partial charge is 0.227 e. The van der Waals surface area contributed by atoms with Crippen molar-refractivity contribution in [2.45, 2.75) is 0 Å². The van der Waals surface area contributed by atoms with Crippen LogP contribution in [-0.4, -0.2) is 4.98 Å². The van der Waals surface area contributed by atoms with Crippen molar-refractivity contribution in [2.24, 2.45) is 0 Å². The van der Waals surface area contributed by atoms with E-state index in [1.54, 1.807) is 12.1 Å². The molecular formula is C15H7ClFNO. The number of hydrogen-bond acceptors (Lipinski definition) is 2. The minimum Gasteiger partial charge on any atom is -0.438 e. The van der Waals surface area contributed by atoms with Crippen molar-refractivity contribution in [3.05, 3.63) is 53.3 Å². The van der Waals surface area contributed by atoms with Gasteiger partial charge in [-0.25, -0.2) is 9.37 Å². The fourth-order valence-electron chi connectivity index (χ4n) is 2.35. The predicted molar refractivity (Wildman–Crippen MR) is 73.1 cm³/mol. The van der Waals surface area contributed by atoms with E-state index in [0.717, 1.165) is 16.5 Å². The van der Waals surface area contributed by atoms with Crippen LogP contribution in [0.4, 0.5) is 4.39 Å². The van der Waals surface area contributed by atoms with Crippen molar-refractivity contribution in [1.29, 1.82) is 0 Å². The molecule has 0 spiro atoms. The zero-order valence-electron chi connectivity index (χ0n) is 9.65. The van der Waals surface area contributed by atoms with Crippen molar-refractivity contribution in [3.8, 4) is 11.5 Å². The third-order valence-electron chi connectivity index (χ3n) is 3.19. The SMILES string of the molecule is Fc1ccc2oc3nc4cccc(Cl)c4c-3cc2c1. The summed E-state index contributed by atoms with van der Waals surface area (Å²) in [7, 11) is 0. The highest BCUT2D eigenvalue weighted by Crippen LogP contribution is 2.38. The molecule has 0 unspecified atom stereocenters. The lowest BCUT2D eigenvalue weighted by molar-refractivity contribution is 0.598. The van der Waals surface area contributed by atoms with E-state index in [1.165, 1.54) is 12.1 Å². The van der Waals surface area contributed by atoms with Gasteiger partial charge < -0.3 is 4.42 Å². The van der Waals surface area contributed by atoms with E-state index >= 15 is 0 Å². The van der Waals surface area contributed by atoms with Crippen molar-refractivity contribution in [2.75, 3.05) is 0 Å². The molecule has 19 heavy (non-hydrogen) atoms. The Morgan fingerprint density at radius 3 is 2.89 bits per heavy atom. The van der Waals surface area contributed by atoms with Crippen molar-refractivity contribution in [3.63, 3.8) is 0 Å². The molecule has 0 aromatic heterocycles. The third-order valence-corrected chi connectivity index (χ3v) is 3.51. The Balaban J connectivity index is 2.22. The van der Waals surface area contributed by atoms with Gasteiger partial charge in [0.2, 0.25) is 5.89 Å². The van der Waals surface area contributed by atoms with Crippen LogP contribution in [0.15, 0.2) is 46.9 Å². The number of hydrogen-bond donors (Lipinski definition) is 0. The topological polar surface area (TPSA) is 26.0 Å². The summed E-state index contributed by atoms with van der Waals surface area (Å²) in [5.74, 6) is 0.221. The second kappa shape index (κ2) is 3.68. The standard InChI is InChI=1S/C15H7ClFNO/c16-11-2-1-3-12-14(11)10-7-8-6-9(17)4-5-13(8)19-15(10)18-12/h1-7H. The second-order valence-corrected chi connectivity index (χ2v) is 4.80. The number of rotatable bonds is 0. The van der Waals surface area contributed by atoms with Crippen LogP contribution in [0, 0.1) is 5.82 Å². The molecule has 0 fully saturated rings. The largest absolute Gasteiger partial charge is 0.438 e. The van der Waals surface area contributed by atoms with Gasteiger partial charge in [-0.1, -0.05) is 17.7 Å². The Morgan fingerprint density at radius 2 is 2.00 bits per heavy atom. The first-order valence-corrected chi connectivity index (χ1v) is 6.17. The van der Waals surface area contributed by atoms with Crippen LogP contribution in [-0.2, 0) is 0 Å². The lowest BCUT2D eigenvalue weighted by atomic mass is 10.1. The van der Waals surface area contributed by atoms with Gasteiger partial charge in [0, 0.05) is 16.3 Å². The third kappa shape index (κ3) is 1.52. The first-order chi connectivity index (χ1) is 9.22. The lowest BCUT2D eigenvalue weighted by Crippen LogP contribution is -1.81. The van der Waals surface area contributed by atoms with E-state index in [1.807, 2.05) is 18.2 Å². The van der Waals surface area contributed by atoms with Crippen LogP contribution >= 0.6 is 11.6 Å². The van der Waals surface area contributed by atoms with Gasteiger partial charge in [-0.3, -0.25) is 0 Å². The molecule has 2 heterocycles. The van der Waals surface area contributed by atoms with Gasteiger partial charge in [-0.15, -0.1) is 0 Å². The van der Waals surface area contributed by atoms with Gasteiger partial charge in [0.05, 0.1) is 10.5 Å². The molecule has 92 valence electrons. The molecule has 0 N–H and O–H groups in total. The Bertz CT molecular complexity index is 899. The van der Waals surface area contributed by atoms with E-state index in [4.69, 9.17) is 16.0 Å². The Kier molecular flexibility index (Phi) is 2.09. The maximum atomic E-state index is 13.3. The molecule has 4 rings (SSSR count). The summed E-state index contributed by atoms with van der Waals surface area (Å²) in [6.45, 7) is 0. The minimum atomic E-state index is -0.294. The van der Waals surface area contributed by atoms with Gasteiger partial charge in [-0.05, 0) is 36.4 Å². The lowest BCUT2D eigenvalue weighted by Gasteiger charge is -2.02. The highest BCUT2D eigenvalue weighted by Gasteiger charge is 2.17. The maximum Gasteiger partial charge on any atom is 0.227 e. The molecule has 0 saturated carbocycles. The summed E-state index contributed by atoms with van der Waals surface area (Å²) < 4.78 is 19.0. The normalized spacial score (nSPS) is 11.7. The van der Waals surface area contributed by atoms with Crippen molar-refractivity contribution < 1.29 is 8.81 Å². The molecule has 2 aromatic rings. The number of halogens is 2. The Labute approximate surface area is 112 Å². The molecule has 0 radical (unpaired) electrons. The zero-order chi connectivity index (χ0) is 13.0. The Hall–Kier alpha value is -2.13. The number of benzene rings is 2. The highest BCUT2D eigenvalue weighted by atomic mass is 35.5. The van der Waals surface area contributed by atoms with Crippen molar-refractivity contribution >= 4 is 33.5 Å². The van der Waals surface area contributed by atoms with Gasteiger partial charge in [0.1, 0.15) is 11.4 Å². The van der Waals surface area contributed by atoms with Crippen LogP contribution in [0.5, 0.6) is 0 Å². The molecule has 2 nitrogen and oxygen atoms in total. The van der Waals surface area contributed by atoms with Crippen LogP contribution in [0.3, 0.4) is 0 Å². The maximum absolute atomic E-state index is 13.3. The summed E-state index contributed by atoms with van der Waals surface area (Å²) in [4.78, 5) is 4.40. The molecule has 4 heteroatoms. The monoisotopic (exact) mass is 271 g/mol. The van der Waals surface area contributed by atoms with E-state index in [2.05, 4.69) is 4.98 Å². The van der Waals surface area contributed by atoms with Gasteiger partial charge in [-0.2, -0.15) is 0 Å². The van der Waals surface area contributed by atoms with Crippen LogP contribution in [0.1, 0.15) is 0 Å². The molecule has 0 saturated heterocycles. The molecule has 2 aromatic carbocycles. The van der Waals surface area contributed by atoms with E-state index in [9.17, 15) is 4.39 Å². The molecule has 0 atom stereocenters. The number of fused-ring (bicyclic) bond motifs is 4. The molecule has 2 aliphatic rings. The summed E-state index contributed by atoms with van der Waals surface area (Å²) in [6.07, 6.45) is 0. The molecular weight excluding hydrogens is 265 g/mol. The quantitative estimate of drug-likeness (QED) is 0.456. The van der Waals surface area contributed by atoms with Gasteiger partial charge in [0.15, 0.2) is 0 Å². The van der Waals surface area contributed by atoms with Gasteiger partial charge in [0.25, 0.3) is 0 Å².